The average molecular weight is 328 g/mol. The molecule has 0 spiro atoms. The number of hydrogen-bond acceptors (Lipinski definition) is 2. The maximum atomic E-state index is 14.4. The monoisotopic (exact) mass is 328 g/mol. The molecule has 1 N–H and O–H groups in total. The second kappa shape index (κ2) is 7.67. The van der Waals surface area contributed by atoms with E-state index < -0.39 is 0 Å². The molecule has 0 aliphatic heterocycles. The molecule has 1 aromatic carbocycles. The Morgan fingerprint density at radius 2 is 2.21 bits per heavy atom. The van der Waals surface area contributed by atoms with Crippen molar-refractivity contribution in [3.05, 3.63) is 54.0 Å². The predicted molar refractivity (Wildman–Crippen MR) is 97.0 cm³/mol. The summed E-state index contributed by atoms with van der Waals surface area (Å²) in [5.41, 5.74) is 2.13. The van der Waals surface area contributed by atoms with Crippen LogP contribution < -0.4 is 10.1 Å². The normalized spacial score (nSPS) is 16.9. The minimum atomic E-state index is -0.279. The number of aromatic nitrogens is 1. The van der Waals surface area contributed by atoms with Crippen molar-refractivity contribution in [1.29, 1.82) is 0 Å². The van der Waals surface area contributed by atoms with Crippen molar-refractivity contribution < 1.29 is 9.13 Å². The van der Waals surface area contributed by atoms with Crippen LogP contribution in [0.25, 0.3) is 10.9 Å². The molecule has 3 rings (SSSR count). The Labute approximate surface area is 142 Å². The number of halogens is 1. The Balaban J connectivity index is 1.81. The van der Waals surface area contributed by atoms with E-state index in [1.807, 2.05) is 24.7 Å². The Morgan fingerprint density at radius 3 is 2.96 bits per heavy atom. The maximum Gasteiger partial charge on any atom is 0.165 e. The van der Waals surface area contributed by atoms with E-state index in [9.17, 15) is 4.39 Å². The molecule has 0 saturated heterocycles. The van der Waals surface area contributed by atoms with Crippen molar-refractivity contribution in [2.24, 2.45) is 13.0 Å². The first-order chi connectivity index (χ1) is 11.7. The molecular weight excluding hydrogens is 303 g/mol. The molecule has 1 atom stereocenters. The van der Waals surface area contributed by atoms with Gasteiger partial charge in [0.2, 0.25) is 0 Å². The molecule has 0 saturated carbocycles. The summed E-state index contributed by atoms with van der Waals surface area (Å²) in [4.78, 5) is 0. The number of aryl methyl sites for hydroxylation is 1. The third-order valence-corrected chi connectivity index (χ3v) is 4.59. The van der Waals surface area contributed by atoms with Crippen molar-refractivity contribution in [1.82, 2.24) is 9.88 Å². The Bertz CT molecular complexity index is 761. The van der Waals surface area contributed by atoms with Gasteiger partial charge in [0.25, 0.3) is 0 Å². The van der Waals surface area contributed by atoms with Gasteiger partial charge in [-0.05, 0) is 56.5 Å². The number of nitrogens with one attached hydrogen (secondary N) is 1. The van der Waals surface area contributed by atoms with Crippen molar-refractivity contribution in [3.63, 3.8) is 0 Å². The lowest BCUT2D eigenvalue weighted by Gasteiger charge is -2.15. The van der Waals surface area contributed by atoms with E-state index in [0.717, 1.165) is 42.3 Å². The molecule has 0 radical (unpaired) electrons. The van der Waals surface area contributed by atoms with Crippen LogP contribution in [0, 0.1) is 11.7 Å². The van der Waals surface area contributed by atoms with Crippen molar-refractivity contribution >= 4 is 10.9 Å². The van der Waals surface area contributed by atoms with E-state index in [0.29, 0.717) is 18.3 Å². The van der Waals surface area contributed by atoms with E-state index in [-0.39, 0.29) is 5.82 Å². The first kappa shape index (κ1) is 16.8. The number of likely N-dealkylation sites (N-methyl/N-ethyl adjacent to an activating group) is 1. The lowest BCUT2D eigenvalue weighted by Crippen LogP contribution is -2.10. The topological polar surface area (TPSA) is 26.2 Å². The van der Waals surface area contributed by atoms with E-state index in [2.05, 4.69) is 35.8 Å². The highest BCUT2D eigenvalue weighted by molar-refractivity contribution is 5.90. The number of fused-ring (bicyclic) bond motifs is 1. The lowest BCUT2D eigenvalue weighted by atomic mass is 9.98. The van der Waals surface area contributed by atoms with E-state index >= 15 is 0 Å². The molecular formula is C20H25FN2O. The number of nitrogens with zero attached hydrogens (tertiary/aromatic N) is 1. The minimum absolute atomic E-state index is 0.279. The van der Waals surface area contributed by atoms with Crippen LogP contribution in [0.3, 0.4) is 0 Å². The van der Waals surface area contributed by atoms with Gasteiger partial charge in [0.05, 0.1) is 12.1 Å². The molecule has 1 aromatic heterocycles. The number of ether oxygens (including phenoxy) is 1. The summed E-state index contributed by atoms with van der Waals surface area (Å²) in [6.45, 7) is 1.38. The fourth-order valence-corrected chi connectivity index (χ4v) is 3.27. The van der Waals surface area contributed by atoms with Crippen LogP contribution >= 0.6 is 0 Å². The van der Waals surface area contributed by atoms with Crippen LogP contribution in [0.1, 0.15) is 18.4 Å². The van der Waals surface area contributed by atoms with Gasteiger partial charge in [-0.2, -0.15) is 0 Å². The zero-order chi connectivity index (χ0) is 16.9. The van der Waals surface area contributed by atoms with Crippen LogP contribution in [-0.4, -0.2) is 24.8 Å². The number of hydrogen-bond donors (Lipinski definition) is 1. The lowest BCUT2D eigenvalue weighted by molar-refractivity contribution is 0.282. The van der Waals surface area contributed by atoms with Gasteiger partial charge in [0.15, 0.2) is 11.6 Å². The van der Waals surface area contributed by atoms with E-state index in [1.165, 1.54) is 6.07 Å². The molecule has 24 heavy (non-hydrogen) atoms. The summed E-state index contributed by atoms with van der Waals surface area (Å²) in [5, 5.41) is 4.06. The van der Waals surface area contributed by atoms with Gasteiger partial charge in [-0.3, -0.25) is 0 Å². The second-order valence-electron chi connectivity index (χ2n) is 6.34. The van der Waals surface area contributed by atoms with Crippen molar-refractivity contribution in [3.8, 4) is 5.75 Å². The van der Waals surface area contributed by atoms with Gasteiger partial charge in [0, 0.05) is 18.6 Å². The molecule has 4 heteroatoms. The smallest absolute Gasteiger partial charge is 0.165 e. The summed E-state index contributed by atoms with van der Waals surface area (Å²) in [6, 6.07) is 3.33. The fraction of sp³-hybridized carbons (Fsp3) is 0.400. The first-order valence-corrected chi connectivity index (χ1v) is 8.58. The van der Waals surface area contributed by atoms with Gasteiger partial charge in [-0.25, -0.2) is 4.39 Å². The van der Waals surface area contributed by atoms with Gasteiger partial charge in [-0.15, -0.1) is 0 Å². The molecule has 0 bridgehead atoms. The molecule has 128 valence electrons. The van der Waals surface area contributed by atoms with E-state index in [1.54, 1.807) is 0 Å². The molecule has 1 aliphatic rings. The number of rotatable bonds is 7. The quantitative estimate of drug-likeness (QED) is 0.832. The van der Waals surface area contributed by atoms with Gasteiger partial charge < -0.3 is 14.6 Å². The largest absolute Gasteiger partial charge is 0.490 e. The predicted octanol–water partition coefficient (Wildman–Crippen LogP) is 3.98. The molecule has 3 nitrogen and oxygen atoms in total. The van der Waals surface area contributed by atoms with Crippen LogP contribution in [0.2, 0.25) is 0 Å². The van der Waals surface area contributed by atoms with Crippen molar-refractivity contribution in [2.75, 3.05) is 20.2 Å². The third-order valence-electron chi connectivity index (χ3n) is 4.59. The highest BCUT2D eigenvalue weighted by Crippen LogP contribution is 2.33. The maximum absolute atomic E-state index is 14.4. The highest BCUT2D eigenvalue weighted by atomic mass is 19.1. The zero-order valence-corrected chi connectivity index (χ0v) is 14.4. The molecule has 0 amide bonds. The molecule has 1 aliphatic carbocycles. The third kappa shape index (κ3) is 3.54. The van der Waals surface area contributed by atoms with Crippen LogP contribution in [0.4, 0.5) is 4.39 Å². The number of allylic oxidation sites excluding steroid dienone is 4. The summed E-state index contributed by atoms with van der Waals surface area (Å²) in [6.07, 6.45) is 13.4. The van der Waals surface area contributed by atoms with Crippen LogP contribution in [0.5, 0.6) is 5.75 Å². The van der Waals surface area contributed by atoms with Gasteiger partial charge in [-0.1, -0.05) is 24.3 Å². The summed E-state index contributed by atoms with van der Waals surface area (Å²) < 4.78 is 22.4. The SMILES string of the molecule is CNCCc1cn(C)c2ccc(F)c(OCCC3C=CC=CC3)c12. The standard InChI is InChI=1S/C20H25FN2O/c1-22-12-10-16-14-23(2)18-9-8-17(21)20(19(16)18)24-13-11-15-6-4-3-5-7-15/h3-6,8-9,14-15,22H,7,10-13H2,1-2H3. The Morgan fingerprint density at radius 1 is 1.33 bits per heavy atom. The Kier molecular flexibility index (Phi) is 5.36. The average Bonchev–Trinajstić information content (AvgIpc) is 2.92. The highest BCUT2D eigenvalue weighted by Gasteiger charge is 2.16. The van der Waals surface area contributed by atoms with Crippen molar-refractivity contribution in [2.45, 2.75) is 19.3 Å². The summed E-state index contributed by atoms with van der Waals surface area (Å²) >= 11 is 0. The molecule has 1 unspecified atom stereocenters. The van der Waals surface area contributed by atoms with Gasteiger partial charge in [0.1, 0.15) is 0 Å². The van der Waals surface area contributed by atoms with E-state index in [4.69, 9.17) is 4.74 Å². The molecule has 0 fully saturated rings. The summed E-state index contributed by atoms with van der Waals surface area (Å²) in [5.74, 6) is 0.602. The minimum Gasteiger partial charge on any atom is -0.490 e. The fourth-order valence-electron chi connectivity index (χ4n) is 3.27. The first-order valence-electron chi connectivity index (χ1n) is 8.58. The second-order valence-corrected chi connectivity index (χ2v) is 6.34. The molecule has 2 aromatic rings. The Hall–Kier alpha value is -2.07. The van der Waals surface area contributed by atoms with Gasteiger partial charge >= 0.3 is 0 Å². The van der Waals surface area contributed by atoms with Crippen LogP contribution in [0.15, 0.2) is 42.6 Å². The molecule has 1 heterocycles. The zero-order valence-electron chi connectivity index (χ0n) is 14.4. The van der Waals surface area contributed by atoms with Crippen LogP contribution in [-0.2, 0) is 13.5 Å². The summed E-state index contributed by atoms with van der Waals surface area (Å²) in [7, 11) is 3.92. The number of benzene rings is 1.